The van der Waals surface area contributed by atoms with Gasteiger partial charge in [-0.05, 0) is 37.3 Å². The molecular formula is C17H28N2. The Kier molecular flexibility index (Phi) is 5.00. The van der Waals surface area contributed by atoms with Gasteiger partial charge in [-0.3, -0.25) is 4.90 Å². The molecule has 0 amide bonds. The third-order valence-corrected chi connectivity index (χ3v) is 4.35. The van der Waals surface area contributed by atoms with Crippen molar-refractivity contribution in [2.45, 2.75) is 46.2 Å². The molecule has 0 spiro atoms. The summed E-state index contributed by atoms with van der Waals surface area (Å²) in [5.41, 5.74) is 2.92. The van der Waals surface area contributed by atoms with E-state index in [2.05, 4.69) is 62.2 Å². The van der Waals surface area contributed by atoms with Gasteiger partial charge in [-0.25, -0.2) is 0 Å². The van der Waals surface area contributed by atoms with Gasteiger partial charge in [0.25, 0.3) is 0 Å². The Labute approximate surface area is 118 Å². The number of rotatable bonds is 4. The van der Waals surface area contributed by atoms with Gasteiger partial charge in [0.05, 0.1) is 0 Å². The monoisotopic (exact) mass is 260 g/mol. The molecule has 0 bridgehead atoms. The average molecular weight is 260 g/mol. The van der Waals surface area contributed by atoms with Crippen LogP contribution in [0.25, 0.3) is 0 Å². The van der Waals surface area contributed by atoms with Crippen LogP contribution in [0.1, 0.15) is 31.9 Å². The van der Waals surface area contributed by atoms with Crippen LogP contribution >= 0.6 is 0 Å². The summed E-state index contributed by atoms with van der Waals surface area (Å²) in [4.78, 5) is 2.68. The lowest BCUT2D eigenvalue weighted by Crippen LogP contribution is -2.57. The molecule has 19 heavy (non-hydrogen) atoms. The van der Waals surface area contributed by atoms with Crippen LogP contribution in [0, 0.1) is 12.8 Å². The van der Waals surface area contributed by atoms with Crippen molar-refractivity contribution in [1.29, 1.82) is 0 Å². The van der Waals surface area contributed by atoms with E-state index in [1.807, 2.05) is 0 Å². The van der Waals surface area contributed by atoms with Gasteiger partial charge >= 0.3 is 0 Å². The molecule has 2 rings (SSSR count). The van der Waals surface area contributed by atoms with Gasteiger partial charge in [0.1, 0.15) is 0 Å². The highest BCUT2D eigenvalue weighted by atomic mass is 15.2. The largest absolute Gasteiger partial charge is 0.311 e. The quantitative estimate of drug-likeness (QED) is 0.895. The summed E-state index contributed by atoms with van der Waals surface area (Å²) in [6.45, 7) is 12.7. The van der Waals surface area contributed by atoms with Gasteiger partial charge in [0, 0.05) is 31.7 Å². The number of piperazine rings is 1. The highest BCUT2D eigenvalue weighted by molar-refractivity contribution is 5.25. The standard InChI is InChI=1S/C17H28N2/c1-13(2)17-11-18-15(4)12-19(17)10-9-16-8-6-5-7-14(16)3/h5-8,13,15,17-18H,9-12H2,1-4H3. The zero-order valence-electron chi connectivity index (χ0n) is 12.8. The van der Waals surface area contributed by atoms with Crippen LogP contribution in [0.3, 0.4) is 0 Å². The third kappa shape index (κ3) is 3.80. The Hall–Kier alpha value is -0.860. The lowest BCUT2D eigenvalue weighted by Gasteiger charge is -2.41. The molecule has 1 fully saturated rings. The van der Waals surface area contributed by atoms with Gasteiger partial charge < -0.3 is 5.32 Å². The van der Waals surface area contributed by atoms with Gasteiger partial charge in [-0.15, -0.1) is 0 Å². The lowest BCUT2D eigenvalue weighted by atomic mass is 9.97. The molecule has 1 aliphatic rings. The van der Waals surface area contributed by atoms with Crippen molar-refractivity contribution in [2.75, 3.05) is 19.6 Å². The van der Waals surface area contributed by atoms with Crippen molar-refractivity contribution in [3.8, 4) is 0 Å². The molecule has 0 saturated carbocycles. The average Bonchev–Trinajstić information content (AvgIpc) is 2.37. The molecule has 0 radical (unpaired) electrons. The van der Waals surface area contributed by atoms with Crippen LogP contribution in [0.4, 0.5) is 0 Å². The molecule has 1 heterocycles. The zero-order valence-corrected chi connectivity index (χ0v) is 12.8. The molecule has 0 aromatic heterocycles. The normalized spacial score (nSPS) is 24.9. The molecule has 1 aromatic rings. The topological polar surface area (TPSA) is 15.3 Å². The Bertz CT molecular complexity index is 400. The molecule has 2 nitrogen and oxygen atoms in total. The molecule has 2 atom stereocenters. The summed E-state index contributed by atoms with van der Waals surface area (Å²) in [6.07, 6.45) is 1.17. The molecule has 1 saturated heterocycles. The second kappa shape index (κ2) is 6.53. The summed E-state index contributed by atoms with van der Waals surface area (Å²) in [6, 6.07) is 10.1. The first-order valence-electron chi connectivity index (χ1n) is 7.60. The van der Waals surface area contributed by atoms with E-state index in [0.29, 0.717) is 12.1 Å². The smallest absolute Gasteiger partial charge is 0.0244 e. The summed E-state index contributed by atoms with van der Waals surface area (Å²) in [5.74, 6) is 0.719. The minimum atomic E-state index is 0.617. The molecule has 2 heteroatoms. The summed E-state index contributed by atoms with van der Waals surface area (Å²) >= 11 is 0. The zero-order chi connectivity index (χ0) is 13.8. The van der Waals surface area contributed by atoms with Crippen LogP contribution in [0.15, 0.2) is 24.3 Å². The summed E-state index contributed by atoms with van der Waals surface area (Å²) in [5, 5.41) is 3.61. The fourth-order valence-corrected chi connectivity index (χ4v) is 3.07. The number of benzene rings is 1. The highest BCUT2D eigenvalue weighted by Gasteiger charge is 2.27. The van der Waals surface area contributed by atoms with E-state index in [1.54, 1.807) is 0 Å². The van der Waals surface area contributed by atoms with E-state index in [-0.39, 0.29) is 0 Å². The first-order chi connectivity index (χ1) is 9.08. The second-order valence-electron chi connectivity index (χ2n) is 6.29. The second-order valence-corrected chi connectivity index (χ2v) is 6.29. The van der Waals surface area contributed by atoms with Crippen LogP contribution in [0.5, 0.6) is 0 Å². The van der Waals surface area contributed by atoms with E-state index >= 15 is 0 Å². The van der Waals surface area contributed by atoms with Crippen LogP contribution in [-0.2, 0) is 6.42 Å². The predicted octanol–water partition coefficient (Wildman–Crippen LogP) is 2.86. The van der Waals surface area contributed by atoms with Gasteiger partial charge in [0.15, 0.2) is 0 Å². The molecule has 0 aliphatic carbocycles. The number of aryl methyl sites for hydroxylation is 1. The van der Waals surface area contributed by atoms with Gasteiger partial charge in [-0.1, -0.05) is 38.1 Å². The van der Waals surface area contributed by atoms with Crippen molar-refractivity contribution < 1.29 is 0 Å². The van der Waals surface area contributed by atoms with Crippen molar-refractivity contribution in [1.82, 2.24) is 10.2 Å². The number of nitrogens with zero attached hydrogens (tertiary/aromatic N) is 1. The Balaban J connectivity index is 1.97. The Morgan fingerprint density at radius 1 is 1.32 bits per heavy atom. The first-order valence-corrected chi connectivity index (χ1v) is 7.60. The maximum atomic E-state index is 3.61. The van der Waals surface area contributed by atoms with Crippen molar-refractivity contribution in [3.05, 3.63) is 35.4 Å². The predicted molar refractivity (Wildman–Crippen MR) is 82.5 cm³/mol. The molecule has 106 valence electrons. The van der Waals surface area contributed by atoms with Crippen LogP contribution in [-0.4, -0.2) is 36.6 Å². The maximum Gasteiger partial charge on any atom is 0.0244 e. The van der Waals surface area contributed by atoms with Crippen LogP contribution < -0.4 is 5.32 Å². The van der Waals surface area contributed by atoms with E-state index < -0.39 is 0 Å². The minimum absolute atomic E-state index is 0.617. The Morgan fingerprint density at radius 3 is 2.74 bits per heavy atom. The van der Waals surface area contributed by atoms with Crippen molar-refractivity contribution in [3.63, 3.8) is 0 Å². The summed E-state index contributed by atoms with van der Waals surface area (Å²) < 4.78 is 0. The van der Waals surface area contributed by atoms with Crippen LogP contribution in [0.2, 0.25) is 0 Å². The molecule has 1 aromatic carbocycles. The third-order valence-electron chi connectivity index (χ3n) is 4.35. The number of hydrogen-bond donors (Lipinski definition) is 1. The molecule has 2 unspecified atom stereocenters. The fourth-order valence-electron chi connectivity index (χ4n) is 3.07. The SMILES string of the molecule is Cc1ccccc1CCN1CC(C)NCC1C(C)C. The van der Waals surface area contributed by atoms with Crippen molar-refractivity contribution in [2.24, 2.45) is 5.92 Å². The first kappa shape index (κ1) is 14.5. The molecule has 1 aliphatic heterocycles. The van der Waals surface area contributed by atoms with Gasteiger partial charge in [-0.2, -0.15) is 0 Å². The maximum absolute atomic E-state index is 3.61. The molecular weight excluding hydrogens is 232 g/mol. The van der Waals surface area contributed by atoms with E-state index in [4.69, 9.17) is 0 Å². The van der Waals surface area contributed by atoms with E-state index in [0.717, 1.165) is 12.5 Å². The number of hydrogen-bond acceptors (Lipinski definition) is 2. The van der Waals surface area contributed by atoms with E-state index in [1.165, 1.54) is 30.6 Å². The van der Waals surface area contributed by atoms with E-state index in [9.17, 15) is 0 Å². The lowest BCUT2D eigenvalue weighted by molar-refractivity contribution is 0.104. The minimum Gasteiger partial charge on any atom is -0.311 e. The highest BCUT2D eigenvalue weighted by Crippen LogP contribution is 2.17. The fraction of sp³-hybridized carbons (Fsp3) is 0.647. The molecule has 1 N–H and O–H groups in total. The Morgan fingerprint density at radius 2 is 2.05 bits per heavy atom. The van der Waals surface area contributed by atoms with Crippen molar-refractivity contribution >= 4 is 0 Å². The van der Waals surface area contributed by atoms with Gasteiger partial charge in [0.2, 0.25) is 0 Å². The number of nitrogens with one attached hydrogen (secondary N) is 1. The summed E-state index contributed by atoms with van der Waals surface area (Å²) in [7, 11) is 0.